The number of ether oxygens (including phenoxy) is 2. The Hall–Kier alpha value is -2.65. The van der Waals surface area contributed by atoms with Gasteiger partial charge in [0.1, 0.15) is 18.1 Å². The van der Waals surface area contributed by atoms with Gasteiger partial charge in [-0.05, 0) is 44.9 Å². The highest BCUT2D eigenvalue weighted by atomic mass is 16.5. The molecule has 0 aliphatic carbocycles. The van der Waals surface area contributed by atoms with Crippen molar-refractivity contribution < 1.29 is 9.47 Å². The van der Waals surface area contributed by atoms with Crippen LogP contribution in [0.5, 0.6) is 5.75 Å². The molecule has 32 heavy (non-hydrogen) atoms. The van der Waals surface area contributed by atoms with Crippen LogP contribution in [0.1, 0.15) is 31.1 Å². The first-order valence-electron chi connectivity index (χ1n) is 11.2. The second kappa shape index (κ2) is 11.3. The third kappa shape index (κ3) is 6.67. The number of hydrogen-bond acceptors (Lipinski definition) is 6. The monoisotopic (exact) mass is 443 g/mol. The van der Waals surface area contributed by atoms with Gasteiger partial charge >= 0.3 is 0 Å². The van der Waals surface area contributed by atoms with E-state index in [2.05, 4.69) is 51.7 Å². The SMILES string of the molecule is COc1ccc(CCNC(=NCc2nnc(C)n2C)NCC(C)(C)N2CCOCC2)cc1. The van der Waals surface area contributed by atoms with Crippen LogP contribution in [0.3, 0.4) is 0 Å². The molecule has 2 aromatic rings. The van der Waals surface area contributed by atoms with Gasteiger partial charge in [-0.1, -0.05) is 12.1 Å². The number of methoxy groups -OCH3 is 1. The Bertz CT molecular complexity index is 871. The summed E-state index contributed by atoms with van der Waals surface area (Å²) < 4.78 is 12.7. The first-order valence-corrected chi connectivity index (χ1v) is 11.2. The minimum absolute atomic E-state index is 0.0103. The molecule has 1 aromatic heterocycles. The minimum Gasteiger partial charge on any atom is -0.497 e. The number of benzene rings is 1. The second-order valence-corrected chi connectivity index (χ2v) is 8.68. The van der Waals surface area contributed by atoms with Crippen molar-refractivity contribution in [1.29, 1.82) is 0 Å². The summed E-state index contributed by atoms with van der Waals surface area (Å²) in [5.41, 5.74) is 1.24. The fourth-order valence-electron chi connectivity index (χ4n) is 3.61. The number of rotatable bonds is 9. The average Bonchev–Trinajstić information content (AvgIpc) is 3.13. The Labute approximate surface area is 191 Å². The third-order valence-electron chi connectivity index (χ3n) is 5.98. The lowest BCUT2D eigenvalue weighted by Crippen LogP contribution is -2.56. The number of nitrogens with zero attached hydrogens (tertiary/aromatic N) is 5. The molecule has 0 amide bonds. The van der Waals surface area contributed by atoms with E-state index in [0.29, 0.717) is 6.54 Å². The molecule has 0 spiro atoms. The predicted molar refractivity (Wildman–Crippen MR) is 126 cm³/mol. The maximum Gasteiger partial charge on any atom is 0.191 e. The van der Waals surface area contributed by atoms with Crippen LogP contribution in [-0.4, -0.2) is 77.7 Å². The molecule has 0 atom stereocenters. The first-order chi connectivity index (χ1) is 15.4. The molecule has 9 heteroatoms. The van der Waals surface area contributed by atoms with Crippen molar-refractivity contribution in [3.63, 3.8) is 0 Å². The van der Waals surface area contributed by atoms with Crippen LogP contribution in [0.15, 0.2) is 29.3 Å². The van der Waals surface area contributed by atoms with Gasteiger partial charge in [0.25, 0.3) is 0 Å². The zero-order valence-electron chi connectivity index (χ0n) is 20.0. The van der Waals surface area contributed by atoms with Crippen molar-refractivity contribution >= 4 is 5.96 Å². The average molecular weight is 444 g/mol. The van der Waals surface area contributed by atoms with Crippen molar-refractivity contribution in [3.8, 4) is 5.75 Å². The smallest absolute Gasteiger partial charge is 0.191 e. The first kappa shape index (κ1) is 24.0. The Morgan fingerprint density at radius 2 is 1.88 bits per heavy atom. The maximum atomic E-state index is 5.51. The summed E-state index contributed by atoms with van der Waals surface area (Å²) in [7, 11) is 3.65. The number of aliphatic imine (C=N–C) groups is 1. The van der Waals surface area contributed by atoms with Crippen LogP contribution < -0.4 is 15.4 Å². The van der Waals surface area contributed by atoms with E-state index < -0.39 is 0 Å². The molecule has 3 rings (SSSR count). The maximum absolute atomic E-state index is 5.51. The van der Waals surface area contributed by atoms with Crippen molar-refractivity contribution in [2.24, 2.45) is 12.0 Å². The Morgan fingerprint density at radius 1 is 1.16 bits per heavy atom. The minimum atomic E-state index is -0.0103. The van der Waals surface area contributed by atoms with Crippen molar-refractivity contribution in [2.45, 2.75) is 39.3 Å². The van der Waals surface area contributed by atoms with Gasteiger partial charge in [-0.3, -0.25) is 4.90 Å². The molecule has 0 unspecified atom stereocenters. The van der Waals surface area contributed by atoms with Crippen LogP contribution >= 0.6 is 0 Å². The fraction of sp³-hybridized carbons (Fsp3) is 0.609. The summed E-state index contributed by atoms with van der Waals surface area (Å²) in [5, 5.41) is 15.4. The van der Waals surface area contributed by atoms with Crippen molar-refractivity contribution in [2.75, 3.05) is 46.5 Å². The molecule has 1 aliphatic heterocycles. The molecule has 176 valence electrons. The molecule has 0 bridgehead atoms. The number of guanidine groups is 1. The van der Waals surface area contributed by atoms with Gasteiger partial charge in [0.2, 0.25) is 0 Å². The topological polar surface area (TPSA) is 88.8 Å². The lowest BCUT2D eigenvalue weighted by Gasteiger charge is -2.41. The normalized spacial score (nSPS) is 15.6. The van der Waals surface area contributed by atoms with E-state index in [1.54, 1.807) is 7.11 Å². The summed E-state index contributed by atoms with van der Waals surface area (Å²) in [6, 6.07) is 8.16. The van der Waals surface area contributed by atoms with Gasteiger partial charge in [0, 0.05) is 38.8 Å². The summed E-state index contributed by atoms with van der Waals surface area (Å²) >= 11 is 0. The van der Waals surface area contributed by atoms with Gasteiger partial charge in [0.05, 0.1) is 20.3 Å². The molecular formula is C23H37N7O2. The quantitative estimate of drug-likeness (QED) is 0.449. The van der Waals surface area contributed by atoms with E-state index >= 15 is 0 Å². The van der Waals surface area contributed by atoms with Gasteiger partial charge < -0.3 is 24.7 Å². The van der Waals surface area contributed by atoms with Gasteiger partial charge in [0.15, 0.2) is 11.8 Å². The number of morpholine rings is 1. The second-order valence-electron chi connectivity index (χ2n) is 8.68. The van der Waals surface area contributed by atoms with E-state index in [9.17, 15) is 0 Å². The lowest BCUT2D eigenvalue weighted by molar-refractivity contribution is -0.00834. The van der Waals surface area contributed by atoms with Gasteiger partial charge in [-0.15, -0.1) is 10.2 Å². The zero-order valence-corrected chi connectivity index (χ0v) is 20.0. The van der Waals surface area contributed by atoms with E-state index in [1.165, 1.54) is 5.56 Å². The van der Waals surface area contributed by atoms with E-state index in [4.69, 9.17) is 14.5 Å². The molecular weight excluding hydrogens is 406 g/mol. The van der Waals surface area contributed by atoms with Gasteiger partial charge in [-0.25, -0.2) is 4.99 Å². The molecule has 1 aliphatic rings. The predicted octanol–water partition coefficient (Wildman–Crippen LogP) is 1.52. The summed E-state index contributed by atoms with van der Waals surface area (Å²) in [4.78, 5) is 7.25. The Kier molecular flexibility index (Phi) is 8.46. The van der Waals surface area contributed by atoms with Crippen molar-refractivity contribution in [1.82, 2.24) is 30.3 Å². The summed E-state index contributed by atoms with van der Waals surface area (Å²) in [5.74, 6) is 3.37. The molecule has 9 nitrogen and oxygen atoms in total. The van der Waals surface area contributed by atoms with Crippen LogP contribution in [0.2, 0.25) is 0 Å². The Morgan fingerprint density at radius 3 is 2.50 bits per heavy atom. The van der Waals surface area contributed by atoms with Crippen molar-refractivity contribution in [3.05, 3.63) is 41.5 Å². The standard InChI is InChI=1S/C23H37N7O2/c1-18-27-28-21(29(18)4)16-25-22(24-11-10-19-6-8-20(31-5)9-7-19)26-17-23(2,3)30-12-14-32-15-13-30/h6-9H,10-17H2,1-5H3,(H2,24,25,26). The lowest BCUT2D eigenvalue weighted by atomic mass is 10.0. The number of nitrogens with one attached hydrogen (secondary N) is 2. The van der Waals surface area contributed by atoms with E-state index in [-0.39, 0.29) is 5.54 Å². The van der Waals surface area contributed by atoms with Crippen LogP contribution in [0.4, 0.5) is 0 Å². The fourth-order valence-corrected chi connectivity index (χ4v) is 3.61. The molecule has 2 N–H and O–H groups in total. The number of aryl methyl sites for hydroxylation is 1. The van der Waals surface area contributed by atoms with E-state index in [1.807, 2.05) is 30.7 Å². The molecule has 1 fully saturated rings. The van der Waals surface area contributed by atoms with E-state index in [0.717, 1.165) is 69.2 Å². The largest absolute Gasteiger partial charge is 0.497 e. The van der Waals surface area contributed by atoms with Crippen LogP contribution in [-0.2, 0) is 24.8 Å². The van der Waals surface area contributed by atoms with Crippen LogP contribution in [0.25, 0.3) is 0 Å². The molecule has 2 heterocycles. The highest BCUT2D eigenvalue weighted by molar-refractivity contribution is 5.79. The molecule has 0 radical (unpaired) electrons. The molecule has 0 saturated carbocycles. The third-order valence-corrected chi connectivity index (χ3v) is 5.98. The highest BCUT2D eigenvalue weighted by Crippen LogP contribution is 2.15. The number of aromatic nitrogens is 3. The summed E-state index contributed by atoms with van der Waals surface area (Å²) in [6.45, 7) is 11.9. The molecule has 1 saturated heterocycles. The number of hydrogen-bond donors (Lipinski definition) is 2. The highest BCUT2D eigenvalue weighted by Gasteiger charge is 2.28. The Balaban J connectivity index is 1.61. The van der Waals surface area contributed by atoms with Gasteiger partial charge in [-0.2, -0.15) is 0 Å². The zero-order chi connectivity index (χ0) is 23.0. The van der Waals surface area contributed by atoms with Crippen LogP contribution in [0, 0.1) is 6.92 Å². The summed E-state index contributed by atoms with van der Waals surface area (Å²) in [6.07, 6.45) is 0.890. The molecule has 1 aromatic carbocycles.